The smallest absolute Gasteiger partial charge is 0.324 e. The quantitative estimate of drug-likeness (QED) is 0.747. The lowest BCUT2D eigenvalue weighted by Gasteiger charge is -2.35. The summed E-state index contributed by atoms with van der Waals surface area (Å²) in [6, 6.07) is 15.7. The molecule has 1 saturated heterocycles. The lowest BCUT2D eigenvalue weighted by molar-refractivity contribution is 0.0952. The SMILES string of the molecule is Cc1ccc(CN2CCCN(c3ccc(C(=O)NCCC(C)C)cc3)C2=O)cc1. The second-order valence-electron chi connectivity index (χ2n) is 8.18. The van der Waals surface area contributed by atoms with E-state index in [9.17, 15) is 9.59 Å². The second kappa shape index (κ2) is 9.59. The minimum absolute atomic E-state index is 0.0194. The van der Waals surface area contributed by atoms with Gasteiger partial charge < -0.3 is 10.2 Å². The molecule has 0 spiro atoms. The van der Waals surface area contributed by atoms with Gasteiger partial charge in [0.05, 0.1) is 0 Å². The largest absolute Gasteiger partial charge is 0.352 e. The van der Waals surface area contributed by atoms with E-state index >= 15 is 0 Å². The van der Waals surface area contributed by atoms with Crippen LogP contribution in [0.15, 0.2) is 48.5 Å². The van der Waals surface area contributed by atoms with Gasteiger partial charge in [0.15, 0.2) is 0 Å². The van der Waals surface area contributed by atoms with E-state index in [0.717, 1.165) is 30.6 Å². The van der Waals surface area contributed by atoms with E-state index in [-0.39, 0.29) is 11.9 Å². The standard InChI is InChI=1S/C24H31N3O2/c1-18(2)13-14-25-23(28)21-9-11-22(12-10-21)27-16-4-15-26(24(27)29)17-20-7-5-19(3)6-8-20/h5-12,18H,4,13-17H2,1-3H3,(H,25,28). The number of benzene rings is 2. The first-order valence-electron chi connectivity index (χ1n) is 10.4. The molecule has 1 aliphatic heterocycles. The summed E-state index contributed by atoms with van der Waals surface area (Å²) in [4.78, 5) is 28.9. The summed E-state index contributed by atoms with van der Waals surface area (Å²) in [6.07, 6.45) is 1.89. The molecule has 2 aromatic carbocycles. The van der Waals surface area contributed by atoms with Crippen molar-refractivity contribution in [2.45, 2.75) is 40.2 Å². The van der Waals surface area contributed by atoms with E-state index in [4.69, 9.17) is 0 Å². The van der Waals surface area contributed by atoms with Gasteiger partial charge in [0.2, 0.25) is 0 Å². The Bertz CT molecular complexity index is 828. The summed E-state index contributed by atoms with van der Waals surface area (Å²) in [5, 5.41) is 2.95. The number of anilines is 1. The van der Waals surface area contributed by atoms with Crippen molar-refractivity contribution < 1.29 is 9.59 Å². The van der Waals surface area contributed by atoms with Crippen molar-refractivity contribution in [3.63, 3.8) is 0 Å². The van der Waals surface area contributed by atoms with E-state index in [2.05, 4.69) is 50.4 Å². The van der Waals surface area contributed by atoms with Gasteiger partial charge in [-0.2, -0.15) is 0 Å². The number of carbonyl (C=O) groups excluding carboxylic acids is 2. The number of urea groups is 1. The molecular formula is C24H31N3O2. The zero-order chi connectivity index (χ0) is 20.8. The minimum atomic E-state index is -0.0665. The van der Waals surface area contributed by atoms with Gasteiger partial charge in [-0.15, -0.1) is 0 Å². The molecule has 5 nitrogen and oxygen atoms in total. The molecule has 0 radical (unpaired) electrons. The van der Waals surface area contributed by atoms with E-state index in [0.29, 0.717) is 31.1 Å². The van der Waals surface area contributed by atoms with Gasteiger partial charge in [-0.1, -0.05) is 43.7 Å². The van der Waals surface area contributed by atoms with Gasteiger partial charge in [-0.25, -0.2) is 4.79 Å². The first-order chi connectivity index (χ1) is 13.9. The Balaban J connectivity index is 1.62. The van der Waals surface area contributed by atoms with Gasteiger partial charge in [0.1, 0.15) is 0 Å². The number of carbonyl (C=O) groups is 2. The minimum Gasteiger partial charge on any atom is -0.352 e. The first-order valence-corrected chi connectivity index (χ1v) is 10.4. The number of nitrogens with one attached hydrogen (secondary N) is 1. The summed E-state index contributed by atoms with van der Waals surface area (Å²) in [5.41, 5.74) is 3.81. The molecule has 0 saturated carbocycles. The lowest BCUT2D eigenvalue weighted by atomic mass is 10.1. The third kappa shape index (κ3) is 5.59. The lowest BCUT2D eigenvalue weighted by Crippen LogP contribution is -2.49. The van der Waals surface area contributed by atoms with Crippen LogP contribution in [0.2, 0.25) is 0 Å². The van der Waals surface area contributed by atoms with Crippen molar-refractivity contribution in [1.29, 1.82) is 0 Å². The Morgan fingerprint density at radius 1 is 1.03 bits per heavy atom. The van der Waals surface area contributed by atoms with Gasteiger partial charge in [-0.05, 0) is 55.5 Å². The zero-order valence-electron chi connectivity index (χ0n) is 17.6. The van der Waals surface area contributed by atoms with Gasteiger partial charge >= 0.3 is 6.03 Å². The molecular weight excluding hydrogens is 362 g/mol. The maximum Gasteiger partial charge on any atom is 0.324 e. The molecule has 1 N–H and O–H groups in total. The molecule has 0 aliphatic carbocycles. The van der Waals surface area contributed by atoms with Crippen LogP contribution < -0.4 is 10.2 Å². The fraction of sp³-hybridized carbons (Fsp3) is 0.417. The number of nitrogens with zero attached hydrogens (tertiary/aromatic N) is 2. The number of hydrogen-bond acceptors (Lipinski definition) is 2. The highest BCUT2D eigenvalue weighted by Crippen LogP contribution is 2.22. The van der Waals surface area contributed by atoms with Crippen molar-refractivity contribution in [1.82, 2.24) is 10.2 Å². The first kappa shape index (κ1) is 20.9. The van der Waals surface area contributed by atoms with Gasteiger partial charge in [0.25, 0.3) is 5.91 Å². The molecule has 3 amide bonds. The van der Waals surface area contributed by atoms with E-state index < -0.39 is 0 Å². The van der Waals surface area contributed by atoms with Crippen LogP contribution in [-0.4, -0.2) is 36.5 Å². The Labute approximate surface area is 173 Å². The highest BCUT2D eigenvalue weighted by molar-refractivity contribution is 5.96. The Morgan fingerprint density at radius 3 is 2.38 bits per heavy atom. The topological polar surface area (TPSA) is 52.6 Å². The Kier molecular flexibility index (Phi) is 6.91. The third-order valence-electron chi connectivity index (χ3n) is 5.25. The molecule has 1 aliphatic rings. The van der Waals surface area contributed by atoms with Crippen LogP contribution in [0.4, 0.5) is 10.5 Å². The third-order valence-corrected chi connectivity index (χ3v) is 5.25. The Hall–Kier alpha value is -2.82. The van der Waals surface area contributed by atoms with Crippen LogP contribution in [-0.2, 0) is 6.54 Å². The predicted octanol–water partition coefficient (Wildman–Crippen LogP) is 4.60. The van der Waals surface area contributed by atoms with Crippen molar-refractivity contribution in [2.75, 3.05) is 24.5 Å². The molecule has 29 heavy (non-hydrogen) atoms. The van der Waals surface area contributed by atoms with Crippen LogP contribution in [0.1, 0.15) is 48.2 Å². The summed E-state index contributed by atoms with van der Waals surface area (Å²) >= 11 is 0. The maximum atomic E-state index is 13.0. The van der Waals surface area contributed by atoms with E-state index in [1.54, 1.807) is 17.0 Å². The molecule has 2 aromatic rings. The zero-order valence-corrected chi connectivity index (χ0v) is 17.6. The number of hydrogen-bond donors (Lipinski definition) is 1. The Morgan fingerprint density at radius 2 is 1.72 bits per heavy atom. The van der Waals surface area contributed by atoms with Crippen molar-refractivity contribution in [3.05, 3.63) is 65.2 Å². The number of rotatable bonds is 7. The van der Waals surface area contributed by atoms with Crippen LogP contribution in [0.3, 0.4) is 0 Å². The average Bonchev–Trinajstić information content (AvgIpc) is 2.71. The predicted molar refractivity (Wildman–Crippen MR) is 117 cm³/mol. The monoisotopic (exact) mass is 393 g/mol. The molecule has 3 rings (SSSR count). The normalized spacial score (nSPS) is 14.4. The molecule has 1 heterocycles. The van der Waals surface area contributed by atoms with Crippen molar-refractivity contribution in [2.24, 2.45) is 5.92 Å². The van der Waals surface area contributed by atoms with Crippen LogP contribution >= 0.6 is 0 Å². The molecule has 0 bridgehead atoms. The fourth-order valence-electron chi connectivity index (χ4n) is 3.45. The second-order valence-corrected chi connectivity index (χ2v) is 8.18. The van der Waals surface area contributed by atoms with Gasteiger partial charge in [0, 0.05) is 37.4 Å². The summed E-state index contributed by atoms with van der Waals surface area (Å²) in [7, 11) is 0. The van der Waals surface area contributed by atoms with E-state index in [1.807, 2.05) is 17.0 Å². The summed E-state index contributed by atoms with van der Waals surface area (Å²) < 4.78 is 0. The highest BCUT2D eigenvalue weighted by Gasteiger charge is 2.26. The van der Waals surface area contributed by atoms with E-state index in [1.165, 1.54) is 5.56 Å². The fourth-order valence-corrected chi connectivity index (χ4v) is 3.45. The van der Waals surface area contributed by atoms with Crippen LogP contribution in [0.25, 0.3) is 0 Å². The van der Waals surface area contributed by atoms with Gasteiger partial charge in [-0.3, -0.25) is 9.69 Å². The molecule has 0 aromatic heterocycles. The number of aryl methyl sites for hydroxylation is 1. The van der Waals surface area contributed by atoms with Crippen molar-refractivity contribution >= 4 is 17.6 Å². The van der Waals surface area contributed by atoms with Crippen LogP contribution in [0, 0.1) is 12.8 Å². The molecule has 0 atom stereocenters. The molecule has 5 heteroatoms. The maximum absolute atomic E-state index is 13.0. The molecule has 1 fully saturated rings. The summed E-state index contributed by atoms with van der Waals surface area (Å²) in [5.74, 6) is 0.494. The number of amides is 3. The molecule has 154 valence electrons. The summed E-state index contributed by atoms with van der Waals surface area (Å²) in [6.45, 7) is 9.09. The molecule has 0 unspecified atom stereocenters. The highest BCUT2D eigenvalue weighted by atomic mass is 16.2. The average molecular weight is 394 g/mol. The van der Waals surface area contributed by atoms with Crippen LogP contribution in [0.5, 0.6) is 0 Å². The van der Waals surface area contributed by atoms with Crippen molar-refractivity contribution in [3.8, 4) is 0 Å².